The maximum absolute atomic E-state index is 6.15. The van der Waals surface area contributed by atoms with Crippen LogP contribution in [0, 0.1) is 6.92 Å². The van der Waals surface area contributed by atoms with Crippen LogP contribution in [0.15, 0.2) is 36.7 Å². The Kier molecular flexibility index (Phi) is 3.93. The highest BCUT2D eigenvalue weighted by Gasteiger charge is 2.25. The summed E-state index contributed by atoms with van der Waals surface area (Å²) in [5.74, 6) is 2.66. The van der Waals surface area contributed by atoms with Crippen LogP contribution in [0.5, 0.6) is 0 Å². The van der Waals surface area contributed by atoms with E-state index in [0.717, 1.165) is 35.9 Å². The Morgan fingerprint density at radius 2 is 2.12 bits per heavy atom. The van der Waals surface area contributed by atoms with E-state index in [9.17, 15) is 0 Å². The molecule has 0 amide bonds. The minimum atomic E-state index is 0.455. The van der Waals surface area contributed by atoms with Gasteiger partial charge in [0.25, 0.3) is 0 Å². The van der Waals surface area contributed by atoms with Gasteiger partial charge in [0.1, 0.15) is 11.6 Å². The molecule has 0 saturated carbocycles. The summed E-state index contributed by atoms with van der Waals surface area (Å²) in [6.07, 6.45) is 6.25. The molecular weight excluding hydrogens is 320 g/mol. The summed E-state index contributed by atoms with van der Waals surface area (Å²) in [5.41, 5.74) is 2.21. The van der Waals surface area contributed by atoms with Gasteiger partial charge in [-0.2, -0.15) is 0 Å². The number of imidazole rings is 1. The van der Waals surface area contributed by atoms with E-state index in [2.05, 4.69) is 40.6 Å². The van der Waals surface area contributed by atoms with Gasteiger partial charge in [0.15, 0.2) is 0 Å². The molecule has 1 aromatic carbocycles. The van der Waals surface area contributed by atoms with Crippen LogP contribution >= 0.6 is 11.6 Å². The molecule has 1 atom stereocenters. The molecule has 3 heterocycles. The first kappa shape index (κ1) is 15.5. The summed E-state index contributed by atoms with van der Waals surface area (Å²) in [7, 11) is 2.07. The van der Waals surface area contributed by atoms with Gasteiger partial charge in [-0.1, -0.05) is 17.7 Å². The lowest BCUT2D eigenvalue weighted by Gasteiger charge is -2.33. The number of aromatic nitrogens is 3. The topological polar surface area (TPSA) is 34.0 Å². The molecule has 124 valence electrons. The minimum absolute atomic E-state index is 0.455. The molecule has 0 N–H and O–H groups in total. The third-order valence-electron chi connectivity index (χ3n) is 4.93. The van der Waals surface area contributed by atoms with E-state index >= 15 is 0 Å². The van der Waals surface area contributed by atoms with Crippen molar-refractivity contribution < 1.29 is 0 Å². The zero-order chi connectivity index (χ0) is 16.7. The Labute approximate surface area is 147 Å². The molecule has 3 aromatic rings. The van der Waals surface area contributed by atoms with Crippen molar-refractivity contribution in [3.05, 3.63) is 53.1 Å². The van der Waals surface area contributed by atoms with Gasteiger partial charge in [-0.25, -0.2) is 9.97 Å². The Morgan fingerprint density at radius 1 is 1.25 bits per heavy atom. The van der Waals surface area contributed by atoms with Gasteiger partial charge in [-0.15, -0.1) is 0 Å². The van der Waals surface area contributed by atoms with E-state index in [-0.39, 0.29) is 0 Å². The zero-order valence-electron chi connectivity index (χ0n) is 14.0. The molecule has 0 radical (unpaired) electrons. The number of rotatable bonds is 2. The average Bonchev–Trinajstić information content (AvgIpc) is 3.00. The van der Waals surface area contributed by atoms with Gasteiger partial charge in [-0.05, 0) is 43.5 Å². The summed E-state index contributed by atoms with van der Waals surface area (Å²) in [6.45, 7) is 4.14. The van der Waals surface area contributed by atoms with Crippen LogP contribution in [0.25, 0.3) is 10.9 Å². The quantitative estimate of drug-likeness (QED) is 0.697. The molecule has 1 saturated heterocycles. The van der Waals surface area contributed by atoms with Crippen LogP contribution < -0.4 is 4.90 Å². The zero-order valence-corrected chi connectivity index (χ0v) is 14.8. The van der Waals surface area contributed by atoms with Crippen LogP contribution in [0.3, 0.4) is 0 Å². The standard InChI is InChI=1S/C19H21ClN4/c1-13-10-18(22-17-11-15(20)5-6-16(13)17)24-8-3-4-14(12-24)19-21-7-9-23(19)2/h5-7,9-11,14H,3-4,8,12H2,1-2H3/t14-/m1/s1. The number of fused-ring (bicyclic) bond motifs is 1. The minimum Gasteiger partial charge on any atom is -0.356 e. The number of aryl methyl sites for hydroxylation is 2. The number of piperidine rings is 1. The summed E-state index contributed by atoms with van der Waals surface area (Å²) < 4.78 is 2.13. The summed E-state index contributed by atoms with van der Waals surface area (Å²) >= 11 is 6.15. The van der Waals surface area contributed by atoms with Crippen molar-refractivity contribution in [2.24, 2.45) is 7.05 Å². The third kappa shape index (κ3) is 2.75. The predicted molar refractivity (Wildman–Crippen MR) is 98.9 cm³/mol. The van der Waals surface area contributed by atoms with Crippen molar-refractivity contribution in [1.29, 1.82) is 0 Å². The van der Waals surface area contributed by atoms with Crippen molar-refractivity contribution in [2.45, 2.75) is 25.7 Å². The van der Waals surface area contributed by atoms with Crippen LogP contribution in [-0.4, -0.2) is 27.6 Å². The van der Waals surface area contributed by atoms with Crippen LogP contribution in [0.1, 0.15) is 30.1 Å². The van der Waals surface area contributed by atoms with Gasteiger partial charge in [-0.3, -0.25) is 0 Å². The first-order valence-electron chi connectivity index (χ1n) is 8.41. The summed E-state index contributed by atoms with van der Waals surface area (Å²) in [6, 6.07) is 8.12. The fourth-order valence-corrected chi connectivity index (χ4v) is 3.85. The van der Waals surface area contributed by atoms with Gasteiger partial charge >= 0.3 is 0 Å². The molecule has 0 bridgehead atoms. The number of anilines is 1. The van der Waals surface area contributed by atoms with E-state index in [1.54, 1.807) is 0 Å². The summed E-state index contributed by atoms with van der Waals surface area (Å²) in [4.78, 5) is 11.8. The van der Waals surface area contributed by atoms with Crippen LogP contribution in [-0.2, 0) is 7.05 Å². The van der Waals surface area contributed by atoms with E-state index in [1.165, 1.54) is 23.2 Å². The van der Waals surface area contributed by atoms with E-state index in [0.29, 0.717) is 5.92 Å². The highest BCUT2D eigenvalue weighted by molar-refractivity contribution is 6.31. The first-order valence-corrected chi connectivity index (χ1v) is 8.78. The molecule has 1 aliphatic heterocycles. The van der Waals surface area contributed by atoms with Gasteiger partial charge < -0.3 is 9.47 Å². The molecule has 0 aliphatic carbocycles. The number of halogens is 1. The normalized spacial score (nSPS) is 18.3. The second kappa shape index (κ2) is 6.10. The monoisotopic (exact) mass is 340 g/mol. The van der Waals surface area contributed by atoms with Crippen LogP contribution in [0.4, 0.5) is 5.82 Å². The maximum Gasteiger partial charge on any atom is 0.129 e. The van der Waals surface area contributed by atoms with Crippen molar-refractivity contribution in [2.75, 3.05) is 18.0 Å². The van der Waals surface area contributed by atoms with Crippen molar-refractivity contribution in [3.63, 3.8) is 0 Å². The number of pyridine rings is 1. The fourth-order valence-electron chi connectivity index (χ4n) is 3.69. The van der Waals surface area contributed by atoms with Crippen molar-refractivity contribution in [1.82, 2.24) is 14.5 Å². The Balaban J connectivity index is 1.68. The number of hydrogen-bond acceptors (Lipinski definition) is 3. The lowest BCUT2D eigenvalue weighted by atomic mass is 9.97. The predicted octanol–water partition coefficient (Wildman–Crippen LogP) is 4.31. The van der Waals surface area contributed by atoms with Crippen LogP contribution in [0.2, 0.25) is 5.02 Å². The largest absolute Gasteiger partial charge is 0.356 e. The molecule has 0 unspecified atom stereocenters. The Morgan fingerprint density at radius 3 is 2.92 bits per heavy atom. The lowest BCUT2D eigenvalue weighted by molar-refractivity contribution is 0.479. The molecular formula is C19H21ClN4. The molecule has 2 aromatic heterocycles. The molecule has 0 spiro atoms. The van der Waals surface area contributed by atoms with Gasteiger partial charge in [0, 0.05) is 48.9 Å². The average molecular weight is 341 g/mol. The fraction of sp³-hybridized carbons (Fsp3) is 0.368. The smallest absolute Gasteiger partial charge is 0.129 e. The first-order chi connectivity index (χ1) is 11.6. The number of benzene rings is 1. The third-order valence-corrected chi connectivity index (χ3v) is 5.17. The Bertz CT molecular complexity index is 886. The second-order valence-corrected chi connectivity index (χ2v) is 7.08. The number of nitrogens with zero attached hydrogens (tertiary/aromatic N) is 4. The SMILES string of the molecule is Cc1cc(N2CCC[C@@H](c3nccn3C)C2)nc2cc(Cl)ccc12. The molecule has 1 aliphatic rings. The molecule has 5 heteroatoms. The number of hydrogen-bond donors (Lipinski definition) is 0. The lowest BCUT2D eigenvalue weighted by Crippen LogP contribution is -2.35. The van der Waals surface area contributed by atoms with E-state index in [4.69, 9.17) is 16.6 Å². The van der Waals surface area contributed by atoms with Gasteiger partial charge in [0.2, 0.25) is 0 Å². The molecule has 24 heavy (non-hydrogen) atoms. The molecule has 4 nitrogen and oxygen atoms in total. The molecule has 1 fully saturated rings. The summed E-state index contributed by atoms with van der Waals surface area (Å²) in [5, 5.41) is 1.90. The van der Waals surface area contributed by atoms with E-state index < -0.39 is 0 Å². The van der Waals surface area contributed by atoms with Crippen molar-refractivity contribution in [3.8, 4) is 0 Å². The van der Waals surface area contributed by atoms with E-state index in [1.807, 2.05) is 24.5 Å². The Hall–Kier alpha value is -2.07. The van der Waals surface area contributed by atoms with Gasteiger partial charge in [0.05, 0.1) is 5.52 Å². The molecule has 4 rings (SSSR count). The van der Waals surface area contributed by atoms with Crippen molar-refractivity contribution >= 4 is 28.3 Å². The second-order valence-electron chi connectivity index (χ2n) is 6.64. The highest BCUT2D eigenvalue weighted by atomic mass is 35.5. The highest BCUT2D eigenvalue weighted by Crippen LogP contribution is 2.30. The maximum atomic E-state index is 6.15.